The molecule has 0 saturated carbocycles. The van der Waals surface area contributed by atoms with Gasteiger partial charge in [0.15, 0.2) is 0 Å². The van der Waals surface area contributed by atoms with Crippen molar-refractivity contribution in [3.8, 4) is 0 Å². The number of nitrogen functional groups attached to an aromatic ring is 1. The van der Waals surface area contributed by atoms with Crippen LogP contribution in [-0.4, -0.2) is 14.5 Å². The van der Waals surface area contributed by atoms with Crippen LogP contribution in [0.1, 0.15) is 18.5 Å². The zero-order valence-corrected chi connectivity index (χ0v) is 11.2. The third-order valence-electron chi connectivity index (χ3n) is 3.23. The van der Waals surface area contributed by atoms with Gasteiger partial charge in [0, 0.05) is 17.4 Å². The Kier molecular flexibility index (Phi) is 2.87. The molecule has 0 fully saturated rings. The highest BCUT2D eigenvalue weighted by molar-refractivity contribution is 6.31. The van der Waals surface area contributed by atoms with E-state index in [9.17, 15) is 0 Å². The van der Waals surface area contributed by atoms with Crippen molar-refractivity contribution in [1.82, 2.24) is 14.5 Å². The molecule has 19 heavy (non-hydrogen) atoms. The number of nitrogens with zero attached hydrogens (tertiary/aromatic N) is 3. The molecule has 2 heterocycles. The van der Waals surface area contributed by atoms with Gasteiger partial charge in [-0.25, -0.2) is 4.98 Å². The Morgan fingerprint density at radius 1 is 1.32 bits per heavy atom. The van der Waals surface area contributed by atoms with Crippen molar-refractivity contribution in [3.63, 3.8) is 0 Å². The SMILES string of the molecule is CC(c1cccnc1)n1c(N)nc2ccc(Cl)cc21. The molecule has 2 aromatic heterocycles. The monoisotopic (exact) mass is 272 g/mol. The largest absolute Gasteiger partial charge is 0.369 e. The van der Waals surface area contributed by atoms with Gasteiger partial charge in [-0.2, -0.15) is 0 Å². The summed E-state index contributed by atoms with van der Waals surface area (Å²) in [6, 6.07) is 9.56. The number of pyridine rings is 1. The second-order valence-electron chi connectivity index (χ2n) is 4.44. The summed E-state index contributed by atoms with van der Waals surface area (Å²) >= 11 is 6.06. The predicted octanol–water partition coefficient (Wildman–Crippen LogP) is 3.28. The Balaban J connectivity index is 2.19. The van der Waals surface area contributed by atoms with Gasteiger partial charge in [0.05, 0.1) is 17.1 Å². The zero-order valence-electron chi connectivity index (χ0n) is 10.4. The fourth-order valence-electron chi connectivity index (χ4n) is 2.26. The van der Waals surface area contributed by atoms with Crippen LogP contribution in [0.15, 0.2) is 42.7 Å². The van der Waals surface area contributed by atoms with E-state index >= 15 is 0 Å². The van der Waals surface area contributed by atoms with Crippen molar-refractivity contribution >= 4 is 28.6 Å². The number of rotatable bonds is 2. The van der Waals surface area contributed by atoms with Crippen LogP contribution in [0.4, 0.5) is 5.95 Å². The third-order valence-corrected chi connectivity index (χ3v) is 3.47. The molecule has 0 amide bonds. The van der Waals surface area contributed by atoms with E-state index in [-0.39, 0.29) is 6.04 Å². The minimum Gasteiger partial charge on any atom is -0.369 e. The normalized spacial score (nSPS) is 12.7. The lowest BCUT2D eigenvalue weighted by molar-refractivity contribution is 0.665. The van der Waals surface area contributed by atoms with E-state index in [1.54, 1.807) is 6.20 Å². The summed E-state index contributed by atoms with van der Waals surface area (Å²) in [5.41, 5.74) is 8.88. The average Bonchev–Trinajstić information content (AvgIpc) is 2.74. The van der Waals surface area contributed by atoms with Gasteiger partial charge in [-0.3, -0.25) is 4.98 Å². The van der Waals surface area contributed by atoms with Gasteiger partial charge in [0.25, 0.3) is 0 Å². The molecule has 1 atom stereocenters. The highest BCUT2D eigenvalue weighted by atomic mass is 35.5. The highest BCUT2D eigenvalue weighted by Crippen LogP contribution is 2.28. The summed E-state index contributed by atoms with van der Waals surface area (Å²) in [6.45, 7) is 2.06. The van der Waals surface area contributed by atoms with E-state index in [0.717, 1.165) is 16.6 Å². The quantitative estimate of drug-likeness (QED) is 0.779. The minimum atomic E-state index is 0.0529. The predicted molar refractivity (Wildman–Crippen MR) is 77.2 cm³/mol. The third kappa shape index (κ3) is 2.04. The van der Waals surface area contributed by atoms with Gasteiger partial charge in [-0.05, 0) is 36.8 Å². The highest BCUT2D eigenvalue weighted by Gasteiger charge is 2.15. The molecule has 3 aromatic rings. The molecule has 4 nitrogen and oxygen atoms in total. The van der Waals surface area contributed by atoms with E-state index < -0.39 is 0 Å². The lowest BCUT2D eigenvalue weighted by Gasteiger charge is -2.16. The number of hydrogen-bond acceptors (Lipinski definition) is 3. The first-order chi connectivity index (χ1) is 9.16. The molecule has 0 aliphatic carbocycles. The van der Waals surface area contributed by atoms with Gasteiger partial charge in [-0.1, -0.05) is 17.7 Å². The Morgan fingerprint density at radius 2 is 2.16 bits per heavy atom. The van der Waals surface area contributed by atoms with Crippen molar-refractivity contribution in [3.05, 3.63) is 53.3 Å². The Morgan fingerprint density at radius 3 is 2.89 bits per heavy atom. The van der Waals surface area contributed by atoms with E-state index in [1.165, 1.54) is 0 Å². The molecule has 5 heteroatoms. The lowest BCUT2D eigenvalue weighted by Crippen LogP contribution is -2.10. The van der Waals surface area contributed by atoms with Crippen LogP contribution in [-0.2, 0) is 0 Å². The molecule has 0 aliphatic heterocycles. The number of halogens is 1. The van der Waals surface area contributed by atoms with Crippen molar-refractivity contribution in [1.29, 1.82) is 0 Å². The van der Waals surface area contributed by atoms with E-state index in [1.807, 2.05) is 41.1 Å². The molecular weight excluding hydrogens is 260 g/mol. The number of anilines is 1. The van der Waals surface area contributed by atoms with Gasteiger partial charge in [-0.15, -0.1) is 0 Å². The maximum atomic E-state index is 6.06. The number of imidazole rings is 1. The maximum absolute atomic E-state index is 6.06. The number of fused-ring (bicyclic) bond motifs is 1. The first-order valence-electron chi connectivity index (χ1n) is 5.99. The van der Waals surface area contributed by atoms with Gasteiger partial charge in [0.2, 0.25) is 5.95 Å². The van der Waals surface area contributed by atoms with Crippen LogP contribution >= 0.6 is 11.6 Å². The summed E-state index contributed by atoms with van der Waals surface area (Å²) in [5.74, 6) is 0.480. The molecule has 2 N–H and O–H groups in total. The fourth-order valence-corrected chi connectivity index (χ4v) is 2.43. The standard InChI is InChI=1S/C14H13ClN4/c1-9(10-3-2-6-17-8-10)19-13-7-11(15)4-5-12(13)18-14(19)16/h2-9H,1H3,(H2,16,18). The summed E-state index contributed by atoms with van der Waals surface area (Å²) in [7, 11) is 0. The van der Waals surface area contributed by atoms with Crippen LogP contribution < -0.4 is 5.73 Å². The molecule has 1 aromatic carbocycles. The first-order valence-corrected chi connectivity index (χ1v) is 6.37. The zero-order chi connectivity index (χ0) is 13.4. The Bertz CT molecular complexity index is 721. The van der Waals surface area contributed by atoms with Gasteiger partial charge >= 0.3 is 0 Å². The second-order valence-corrected chi connectivity index (χ2v) is 4.87. The Hall–Kier alpha value is -2.07. The van der Waals surface area contributed by atoms with Crippen LogP contribution in [0, 0.1) is 0 Å². The minimum absolute atomic E-state index is 0.0529. The van der Waals surface area contributed by atoms with Gasteiger partial charge in [0.1, 0.15) is 0 Å². The van der Waals surface area contributed by atoms with Gasteiger partial charge < -0.3 is 10.3 Å². The molecule has 1 unspecified atom stereocenters. The molecule has 0 bridgehead atoms. The van der Waals surface area contributed by atoms with Crippen LogP contribution in [0.3, 0.4) is 0 Å². The smallest absolute Gasteiger partial charge is 0.201 e. The Labute approximate surface area is 115 Å². The van der Waals surface area contributed by atoms with E-state index in [0.29, 0.717) is 11.0 Å². The summed E-state index contributed by atoms with van der Waals surface area (Å²) < 4.78 is 1.97. The molecule has 3 rings (SSSR count). The molecule has 0 spiro atoms. The second kappa shape index (κ2) is 4.55. The lowest BCUT2D eigenvalue weighted by atomic mass is 10.1. The van der Waals surface area contributed by atoms with E-state index in [2.05, 4.69) is 16.9 Å². The molecule has 0 saturated heterocycles. The van der Waals surface area contributed by atoms with Crippen molar-refractivity contribution in [2.24, 2.45) is 0 Å². The summed E-state index contributed by atoms with van der Waals surface area (Å²) in [5, 5.41) is 0.673. The van der Waals surface area contributed by atoms with E-state index in [4.69, 9.17) is 17.3 Å². The van der Waals surface area contributed by atoms with Crippen molar-refractivity contribution in [2.45, 2.75) is 13.0 Å². The fraction of sp³-hybridized carbons (Fsp3) is 0.143. The van der Waals surface area contributed by atoms with Crippen molar-refractivity contribution < 1.29 is 0 Å². The van der Waals surface area contributed by atoms with Crippen molar-refractivity contribution in [2.75, 3.05) is 5.73 Å². The summed E-state index contributed by atoms with van der Waals surface area (Å²) in [6.07, 6.45) is 3.59. The number of benzene rings is 1. The maximum Gasteiger partial charge on any atom is 0.201 e. The van der Waals surface area contributed by atoms with Crippen LogP contribution in [0.25, 0.3) is 11.0 Å². The molecule has 96 valence electrons. The van der Waals surface area contributed by atoms with Crippen LogP contribution in [0.5, 0.6) is 0 Å². The molecular formula is C14H13ClN4. The topological polar surface area (TPSA) is 56.7 Å². The molecule has 0 radical (unpaired) electrons. The first kappa shape index (κ1) is 12.0. The van der Waals surface area contributed by atoms with Crippen LogP contribution in [0.2, 0.25) is 5.02 Å². The summed E-state index contributed by atoms with van der Waals surface area (Å²) in [4.78, 5) is 8.50. The average molecular weight is 273 g/mol. The molecule has 0 aliphatic rings. The number of aromatic nitrogens is 3. The number of hydrogen-bond donors (Lipinski definition) is 1. The number of nitrogens with two attached hydrogens (primary N) is 1.